The van der Waals surface area contributed by atoms with E-state index in [1.54, 1.807) is 0 Å². The topological polar surface area (TPSA) is 82.2 Å². The van der Waals surface area contributed by atoms with Crippen LogP contribution in [0.25, 0.3) is 0 Å². The molecule has 1 aromatic carbocycles. The number of carbonyl (C=O) groups excluding carboxylic acids is 3. The Morgan fingerprint density at radius 3 is 2.15 bits per heavy atom. The maximum absolute atomic E-state index is 12.3. The molecule has 3 aliphatic rings. The number of hydrogen-bond acceptors (Lipinski definition) is 6. The fourth-order valence-electron chi connectivity index (χ4n) is 5.01. The monoisotopic (exact) mass is 456 g/mol. The van der Waals surface area contributed by atoms with Gasteiger partial charge in [0.1, 0.15) is 5.60 Å². The van der Waals surface area contributed by atoms with Crippen molar-refractivity contribution in [2.45, 2.75) is 64.0 Å². The molecule has 1 N–H and O–H groups in total. The molecular formula is C25H36N4O4. The van der Waals surface area contributed by atoms with E-state index < -0.39 is 5.60 Å². The van der Waals surface area contributed by atoms with Crippen LogP contribution in [0.5, 0.6) is 0 Å². The molecule has 0 aliphatic carbocycles. The number of piperazine rings is 1. The van der Waals surface area contributed by atoms with Crippen molar-refractivity contribution in [2.24, 2.45) is 0 Å². The second-order valence-corrected chi connectivity index (χ2v) is 10.3. The van der Waals surface area contributed by atoms with E-state index in [2.05, 4.69) is 27.2 Å². The standard InChI is InChI=1S/C25H36N4O4/c1-25(2,3)33-24(32)29-16-14-28(15-17-29)20-10-12-27(13-11-20)19-6-4-18(5-7-19)21-8-9-22(30)26-23(21)31/h4-7,20-21H,8-17H2,1-3H3,(H,26,30,31). The van der Waals surface area contributed by atoms with Gasteiger partial charge in [-0.3, -0.25) is 19.8 Å². The van der Waals surface area contributed by atoms with Gasteiger partial charge >= 0.3 is 6.09 Å². The first-order valence-corrected chi connectivity index (χ1v) is 12.1. The number of nitrogens with one attached hydrogen (secondary N) is 1. The van der Waals surface area contributed by atoms with E-state index in [4.69, 9.17) is 4.74 Å². The zero-order chi connectivity index (χ0) is 23.6. The number of ether oxygens (including phenoxy) is 1. The van der Waals surface area contributed by atoms with Gasteiger partial charge in [0.15, 0.2) is 0 Å². The average Bonchev–Trinajstić information content (AvgIpc) is 2.78. The summed E-state index contributed by atoms with van der Waals surface area (Å²) in [4.78, 5) is 42.5. The first-order chi connectivity index (χ1) is 15.7. The van der Waals surface area contributed by atoms with Gasteiger partial charge in [-0.05, 0) is 57.7 Å². The van der Waals surface area contributed by atoms with Crippen LogP contribution in [0.3, 0.4) is 0 Å². The van der Waals surface area contributed by atoms with Crippen LogP contribution in [0.15, 0.2) is 24.3 Å². The van der Waals surface area contributed by atoms with Crippen LogP contribution in [0, 0.1) is 0 Å². The minimum Gasteiger partial charge on any atom is -0.444 e. The van der Waals surface area contributed by atoms with Gasteiger partial charge in [-0.1, -0.05) is 12.1 Å². The summed E-state index contributed by atoms with van der Waals surface area (Å²) in [6, 6.07) is 8.79. The van der Waals surface area contributed by atoms with Crippen molar-refractivity contribution in [3.05, 3.63) is 29.8 Å². The number of rotatable bonds is 3. The van der Waals surface area contributed by atoms with Crippen molar-refractivity contribution in [1.29, 1.82) is 0 Å². The quantitative estimate of drug-likeness (QED) is 0.705. The molecule has 3 fully saturated rings. The number of hydrogen-bond donors (Lipinski definition) is 1. The molecule has 8 nitrogen and oxygen atoms in total. The van der Waals surface area contributed by atoms with Gasteiger partial charge in [-0.2, -0.15) is 0 Å². The second kappa shape index (κ2) is 9.71. The van der Waals surface area contributed by atoms with Gasteiger partial charge < -0.3 is 14.5 Å². The van der Waals surface area contributed by atoms with E-state index in [1.165, 1.54) is 5.69 Å². The molecule has 4 rings (SSSR count). The summed E-state index contributed by atoms with van der Waals surface area (Å²) in [6.45, 7) is 10.9. The Kier molecular flexibility index (Phi) is 6.93. The first-order valence-electron chi connectivity index (χ1n) is 12.1. The molecule has 1 unspecified atom stereocenters. The molecular weight excluding hydrogens is 420 g/mol. The van der Waals surface area contributed by atoms with Crippen molar-refractivity contribution >= 4 is 23.6 Å². The third-order valence-corrected chi connectivity index (χ3v) is 6.85. The second-order valence-electron chi connectivity index (χ2n) is 10.3. The highest BCUT2D eigenvalue weighted by molar-refractivity contribution is 6.00. The Labute approximate surface area is 196 Å². The fraction of sp³-hybridized carbons (Fsp3) is 0.640. The Balaban J connectivity index is 1.24. The SMILES string of the molecule is CC(C)(C)OC(=O)N1CCN(C2CCN(c3ccc(C4CCC(=O)NC4=O)cc3)CC2)CC1. The molecule has 3 heterocycles. The summed E-state index contributed by atoms with van der Waals surface area (Å²) in [5.74, 6) is -0.601. The van der Waals surface area contributed by atoms with E-state index in [1.807, 2.05) is 37.8 Å². The number of anilines is 1. The molecule has 0 saturated carbocycles. The number of piperidine rings is 2. The van der Waals surface area contributed by atoms with Crippen LogP contribution in [0.2, 0.25) is 0 Å². The Morgan fingerprint density at radius 2 is 1.58 bits per heavy atom. The third kappa shape index (κ3) is 5.85. The molecule has 0 aromatic heterocycles. The summed E-state index contributed by atoms with van der Waals surface area (Å²) in [7, 11) is 0. The molecule has 0 radical (unpaired) electrons. The van der Waals surface area contributed by atoms with E-state index in [0.717, 1.165) is 57.7 Å². The normalized spacial score (nSPS) is 23.4. The lowest BCUT2D eigenvalue weighted by Crippen LogP contribution is -2.55. The summed E-state index contributed by atoms with van der Waals surface area (Å²) in [5, 5.41) is 2.44. The van der Waals surface area contributed by atoms with Gasteiger partial charge in [-0.25, -0.2) is 4.79 Å². The predicted octanol–water partition coefficient (Wildman–Crippen LogP) is 2.73. The van der Waals surface area contributed by atoms with Crippen LogP contribution in [-0.2, 0) is 14.3 Å². The van der Waals surface area contributed by atoms with Gasteiger partial charge in [-0.15, -0.1) is 0 Å². The van der Waals surface area contributed by atoms with E-state index >= 15 is 0 Å². The predicted molar refractivity (Wildman–Crippen MR) is 126 cm³/mol. The van der Waals surface area contributed by atoms with Crippen molar-refractivity contribution in [2.75, 3.05) is 44.2 Å². The lowest BCUT2D eigenvalue weighted by atomic mass is 9.90. The zero-order valence-corrected chi connectivity index (χ0v) is 20.0. The molecule has 180 valence electrons. The van der Waals surface area contributed by atoms with Crippen LogP contribution in [-0.4, -0.2) is 78.6 Å². The highest BCUT2D eigenvalue weighted by Gasteiger charge is 2.31. The van der Waals surface area contributed by atoms with Crippen LogP contribution in [0.4, 0.5) is 10.5 Å². The highest BCUT2D eigenvalue weighted by atomic mass is 16.6. The average molecular weight is 457 g/mol. The molecule has 3 aliphatic heterocycles. The number of nitrogens with zero attached hydrogens (tertiary/aromatic N) is 3. The molecule has 0 spiro atoms. The Bertz CT molecular complexity index is 863. The van der Waals surface area contributed by atoms with Crippen molar-refractivity contribution in [1.82, 2.24) is 15.1 Å². The largest absolute Gasteiger partial charge is 0.444 e. The van der Waals surface area contributed by atoms with E-state index in [-0.39, 0.29) is 23.8 Å². The fourth-order valence-corrected chi connectivity index (χ4v) is 5.01. The summed E-state index contributed by atoms with van der Waals surface area (Å²) in [6.07, 6.45) is 2.97. The summed E-state index contributed by atoms with van der Waals surface area (Å²) < 4.78 is 5.50. The van der Waals surface area contributed by atoms with Crippen LogP contribution < -0.4 is 10.2 Å². The van der Waals surface area contributed by atoms with Gasteiger partial charge in [0.05, 0.1) is 5.92 Å². The molecule has 33 heavy (non-hydrogen) atoms. The molecule has 8 heteroatoms. The molecule has 3 saturated heterocycles. The number of imide groups is 1. The number of amides is 3. The molecule has 0 bridgehead atoms. The van der Waals surface area contributed by atoms with E-state index in [0.29, 0.717) is 18.9 Å². The van der Waals surface area contributed by atoms with Gasteiger partial charge in [0.2, 0.25) is 11.8 Å². The lowest BCUT2D eigenvalue weighted by Gasteiger charge is -2.43. The Morgan fingerprint density at radius 1 is 0.939 bits per heavy atom. The minimum absolute atomic E-state index is 0.179. The zero-order valence-electron chi connectivity index (χ0n) is 20.0. The molecule has 1 aromatic rings. The first kappa shape index (κ1) is 23.5. The molecule has 3 amide bonds. The number of carbonyl (C=O) groups is 3. The third-order valence-electron chi connectivity index (χ3n) is 6.85. The summed E-state index contributed by atoms with van der Waals surface area (Å²) in [5.41, 5.74) is 1.70. The van der Waals surface area contributed by atoms with Gasteiger partial charge in [0.25, 0.3) is 0 Å². The van der Waals surface area contributed by atoms with Crippen molar-refractivity contribution in [3.63, 3.8) is 0 Å². The van der Waals surface area contributed by atoms with Gasteiger partial charge in [0, 0.05) is 57.4 Å². The smallest absolute Gasteiger partial charge is 0.410 e. The van der Waals surface area contributed by atoms with E-state index in [9.17, 15) is 14.4 Å². The highest BCUT2D eigenvalue weighted by Crippen LogP contribution is 2.28. The maximum atomic E-state index is 12.3. The van der Waals surface area contributed by atoms with Crippen LogP contribution >= 0.6 is 0 Å². The summed E-state index contributed by atoms with van der Waals surface area (Å²) >= 11 is 0. The minimum atomic E-state index is -0.457. The maximum Gasteiger partial charge on any atom is 0.410 e. The lowest BCUT2D eigenvalue weighted by molar-refractivity contribution is -0.134. The molecule has 1 atom stereocenters. The van der Waals surface area contributed by atoms with Crippen molar-refractivity contribution in [3.8, 4) is 0 Å². The Hall–Kier alpha value is -2.61. The van der Waals surface area contributed by atoms with Crippen molar-refractivity contribution < 1.29 is 19.1 Å². The number of benzene rings is 1. The van der Waals surface area contributed by atoms with Crippen LogP contribution in [0.1, 0.15) is 57.9 Å².